The molecule has 0 bridgehead atoms. The van der Waals surface area contributed by atoms with Gasteiger partial charge in [0.05, 0.1) is 22.9 Å². The van der Waals surface area contributed by atoms with Crippen molar-refractivity contribution in [3.05, 3.63) is 16.4 Å². The van der Waals surface area contributed by atoms with Crippen molar-refractivity contribution < 1.29 is 4.79 Å². The lowest BCUT2D eigenvalue weighted by atomic mass is 10.4. The van der Waals surface area contributed by atoms with E-state index in [0.717, 1.165) is 16.7 Å². The van der Waals surface area contributed by atoms with Crippen LogP contribution in [0.1, 0.15) is 26.0 Å². The summed E-state index contributed by atoms with van der Waals surface area (Å²) in [4.78, 5) is 11.1. The molecule has 78 valence electrons. The lowest BCUT2D eigenvalue weighted by molar-refractivity contribution is -0.120. The zero-order valence-corrected chi connectivity index (χ0v) is 9.97. The fourth-order valence-corrected chi connectivity index (χ4v) is 1.58. The van der Waals surface area contributed by atoms with Gasteiger partial charge >= 0.3 is 0 Å². The number of aryl methyl sites for hydroxylation is 1. The highest BCUT2D eigenvalue weighted by Crippen LogP contribution is 2.15. The molecular formula is C9H14BrN3O. The van der Waals surface area contributed by atoms with Gasteiger partial charge in [-0.2, -0.15) is 5.10 Å². The number of aromatic nitrogens is 2. The number of carbonyl (C=O) groups excluding carboxylic acids is 1. The Labute approximate surface area is 91.8 Å². The quantitative estimate of drug-likeness (QED) is 0.895. The Morgan fingerprint density at radius 3 is 2.93 bits per heavy atom. The normalized spacial score (nSPS) is 10.2. The van der Waals surface area contributed by atoms with Gasteiger partial charge in [-0.25, -0.2) is 0 Å². The van der Waals surface area contributed by atoms with Crippen LogP contribution < -0.4 is 5.32 Å². The summed E-state index contributed by atoms with van der Waals surface area (Å²) in [7, 11) is 0. The van der Waals surface area contributed by atoms with Gasteiger partial charge in [0.15, 0.2) is 0 Å². The first kappa shape index (κ1) is 11.2. The summed E-state index contributed by atoms with van der Waals surface area (Å²) in [5.74, 6) is 0.0563. The Balaban J connectivity index is 2.65. The van der Waals surface area contributed by atoms with Gasteiger partial charge in [0, 0.05) is 13.0 Å². The van der Waals surface area contributed by atoms with Crippen LogP contribution in [-0.2, 0) is 17.9 Å². The van der Waals surface area contributed by atoms with Gasteiger partial charge < -0.3 is 5.32 Å². The highest BCUT2D eigenvalue weighted by atomic mass is 79.9. The van der Waals surface area contributed by atoms with Crippen LogP contribution in [0.2, 0.25) is 0 Å². The van der Waals surface area contributed by atoms with Crippen molar-refractivity contribution in [2.24, 2.45) is 0 Å². The topological polar surface area (TPSA) is 46.9 Å². The molecule has 0 fully saturated rings. The fraction of sp³-hybridized carbons (Fsp3) is 0.556. The minimum Gasteiger partial charge on any atom is -0.350 e. The average molecular weight is 260 g/mol. The second-order valence-corrected chi connectivity index (χ2v) is 3.74. The first-order chi connectivity index (χ1) is 6.69. The Kier molecular flexibility index (Phi) is 4.13. The van der Waals surface area contributed by atoms with Crippen molar-refractivity contribution in [1.82, 2.24) is 15.1 Å². The van der Waals surface area contributed by atoms with E-state index >= 15 is 0 Å². The van der Waals surface area contributed by atoms with E-state index in [1.807, 2.05) is 18.5 Å². The van der Waals surface area contributed by atoms with Crippen LogP contribution in [0, 0.1) is 0 Å². The molecule has 1 N–H and O–H groups in total. The molecule has 1 heterocycles. The summed E-state index contributed by atoms with van der Waals surface area (Å²) in [6.45, 7) is 5.19. The van der Waals surface area contributed by atoms with Crippen molar-refractivity contribution >= 4 is 21.8 Å². The molecule has 1 rings (SSSR count). The number of nitrogens with one attached hydrogen (secondary N) is 1. The predicted octanol–water partition coefficient (Wildman–Crippen LogP) is 1.69. The van der Waals surface area contributed by atoms with Crippen LogP contribution in [0.25, 0.3) is 0 Å². The number of nitrogens with zero attached hydrogens (tertiary/aromatic N) is 2. The molecule has 5 heteroatoms. The molecular weight excluding hydrogens is 246 g/mol. The Morgan fingerprint density at radius 2 is 2.36 bits per heavy atom. The van der Waals surface area contributed by atoms with E-state index in [9.17, 15) is 4.79 Å². The van der Waals surface area contributed by atoms with Gasteiger partial charge in [-0.3, -0.25) is 9.48 Å². The average Bonchev–Trinajstić information content (AvgIpc) is 2.55. The molecule has 1 aromatic heterocycles. The molecule has 0 unspecified atom stereocenters. The lowest BCUT2D eigenvalue weighted by Crippen LogP contribution is -2.23. The first-order valence-electron chi connectivity index (χ1n) is 4.65. The number of hydrogen-bond donors (Lipinski definition) is 1. The summed E-state index contributed by atoms with van der Waals surface area (Å²) < 4.78 is 2.80. The van der Waals surface area contributed by atoms with Gasteiger partial charge in [0.25, 0.3) is 0 Å². The van der Waals surface area contributed by atoms with Crippen LogP contribution in [-0.4, -0.2) is 15.7 Å². The van der Waals surface area contributed by atoms with Crippen LogP contribution >= 0.6 is 15.9 Å². The van der Waals surface area contributed by atoms with E-state index in [4.69, 9.17) is 0 Å². The molecule has 0 aliphatic heterocycles. The number of rotatable bonds is 4. The monoisotopic (exact) mass is 259 g/mol. The van der Waals surface area contributed by atoms with E-state index in [1.165, 1.54) is 0 Å². The van der Waals surface area contributed by atoms with Crippen LogP contribution in [0.5, 0.6) is 0 Å². The van der Waals surface area contributed by atoms with E-state index in [-0.39, 0.29) is 5.91 Å². The third kappa shape index (κ3) is 2.57. The van der Waals surface area contributed by atoms with E-state index < -0.39 is 0 Å². The summed E-state index contributed by atoms with van der Waals surface area (Å²) in [6.07, 6.45) is 2.26. The van der Waals surface area contributed by atoms with Crippen molar-refractivity contribution in [3.63, 3.8) is 0 Å². The zero-order chi connectivity index (χ0) is 10.6. The Hall–Kier alpha value is -0.840. The van der Waals surface area contributed by atoms with Crippen LogP contribution in [0.4, 0.5) is 0 Å². The smallest absolute Gasteiger partial charge is 0.220 e. The largest absolute Gasteiger partial charge is 0.350 e. The molecule has 0 aliphatic carbocycles. The second kappa shape index (κ2) is 5.14. The Bertz CT molecular complexity index is 322. The molecule has 1 aromatic rings. The summed E-state index contributed by atoms with van der Waals surface area (Å²) in [5.41, 5.74) is 1.01. The maximum Gasteiger partial charge on any atom is 0.220 e. The predicted molar refractivity (Wildman–Crippen MR) is 57.7 cm³/mol. The van der Waals surface area contributed by atoms with Crippen molar-refractivity contribution in [2.75, 3.05) is 0 Å². The third-order valence-electron chi connectivity index (χ3n) is 1.97. The van der Waals surface area contributed by atoms with Gasteiger partial charge in [-0.1, -0.05) is 6.92 Å². The van der Waals surface area contributed by atoms with Gasteiger partial charge in [-0.15, -0.1) is 0 Å². The molecule has 0 spiro atoms. The van der Waals surface area contributed by atoms with E-state index in [1.54, 1.807) is 6.20 Å². The lowest BCUT2D eigenvalue weighted by Gasteiger charge is -2.06. The minimum absolute atomic E-state index is 0.0563. The molecule has 1 amide bonds. The molecule has 0 aromatic carbocycles. The van der Waals surface area contributed by atoms with Gasteiger partial charge in [0.2, 0.25) is 5.91 Å². The van der Waals surface area contributed by atoms with Crippen LogP contribution in [0.15, 0.2) is 10.7 Å². The molecule has 0 atom stereocenters. The number of hydrogen-bond acceptors (Lipinski definition) is 2. The molecule has 0 saturated carbocycles. The molecule has 0 saturated heterocycles. The molecule has 14 heavy (non-hydrogen) atoms. The maximum absolute atomic E-state index is 11.1. The van der Waals surface area contributed by atoms with Crippen molar-refractivity contribution in [2.45, 2.75) is 33.4 Å². The Morgan fingerprint density at radius 1 is 1.64 bits per heavy atom. The molecule has 0 radical (unpaired) electrons. The van der Waals surface area contributed by atoms with E-state index in [0.29, 0.717) is 13.0 Å². The summed E-state index contributed by atoms with van der Waals surface area (Å²) in [5, 5.41) is 6.98. The number of amides is 1. The number of carbonyl (C=O) groups is 1. The van der Waals surface area contributed by atoms with E-state index in [2.05, 4.69) is 26.3 Å². The van der Waals surface area contributed by atoms with Gasteiger partial charge in [0.1, 0.15) is 0 Å². The third-order valence-corrected chi connectivity index (χ3v) is 2.63. The SMILES string of the molecule is CCC(=O)NCc1c(Br)cnn1CC. The van der Waals surface area contributed by atoms with Crippen molar-refractivity contribution in [3.8, 4) is 0 Å². The zero-order valence-electron chi connectivity index (χ0n) is 8.38. The first-order valence-corrected chi connectivity index (χ1v) is 5.45. The standard InChI is InChI=1S/C9H14BrN3O/c1-3-9(14)11-6-8-7(10)5-12-13(8)4-2/h5H,3-4,6H2,1-2H3,(H,11,14). The fourth-order valence-electron chi connectivity index (χ4n) is 1.14. The summed E-state index contributed by atoms with van der Waals surface area (Å²) >= 11 is 3.40. The van der Waals surface area contributed by atoms with Crippen molar-refractivity contribution in [1.29, 1.82) is 0 Å². The minimum atomic E-state index is 0.0563. The summed E-state index contributed by atoms with van der Waals surface area (Å²) in [6, 6.07) is 0. The number of halogens is 1. The maximum atomic E-state index is 11.1. The highest BCUT2D eigenvalue weighted by Gasteiger charge is 2.07. The molecule has 4 nitrogen and oxygen atoms in total. The second-order valence-electron chi connectivity index (χ2n) is 2.89. The highest BCUT2D eigenvalue weighted by molar-refractivity contribution is 9.10. The van der Waals surface area contributed by atoms with Gasteiger partial charge in [-0.05, 0) is 22.9 Å². The van der Waals surface area contributed by atoms with Crippen LogP contribution in [0.3, 0.4) is 0 Å². The molecule has 0 aliphatic rings.